The molecular formula is C11H17ClN2O. The fraction of sp³-hybridized carbons (Fsp3) is 0.545. The van der Waals surface area contributed by atoms with Gasteiger partial charge in [-0.2, -0.15) is 0 Å². The molecule has 0 aliphatic heterocycles. The molecule has 0 saturated carbocycles. The zero-order valence-corrected chi connectivity index (χ0v) is 9.88. The zero-order valence-electron chi connectivity index (χ0n) is 9.13. The van der Waals surface area contributed by atoms with Crippen LogP contribution < -0.4 is 5.32 Å². The summed E-state index contributed by atoms with van der Waals surface area (Å²) < 4.78 is 0. The first kappa shape index (κ1) is 12.3. The number of anilines is 1. The van der Waals surface area contributed by atoms with Gasteiger partial charge in [-0.25, -0.2) is 4.98 Å². The Kier molecular flexibility index (Phi) is 4.36. The second kappa shape index (κ2) is 5.33. The van der Waals surface area contributed by atoms with Crippen LogP contribution in [0.5, 0.6) is 0 Å². The largest absolute Gasteiger partial charge is 0.396 e. The summed E-state index contributed by atoms with van der Waals surface area (Å²) in [4.78, 5) is 3.97. The maximum Gasteiger partial charge on any atom is 0.152 e. The van der Waals surface area contributed by atoms with Crippen LogP contribution in [0.3, 0.4) is 0 Å². The number of aliphatic hydroxyl groups excluding tert-OH is 1. The Balaban J connectivity index is 2.61. The normalized spacial score (nSPS) is 14.7. The van der Waals surface area contributed by atoms with Crippen molar-refractivity contribution in [3.05, 3.63) is 23.5 Å². The van der Waals surface area contributed by atoms with Crippen molar-refractivity contribution in [2.75, 3.05) is 18.5 Å². The highest BCUT2D eigenvalue weighted by molar-refractivity contribution is 6.31. The van der Waals surface area contributed by atoms with E-state index in [0.717, 1.165) is 12.1 Å². The molecule has 0 amide bonds. The van der Waals surface area contributed by atoms with E-state index >= 15 is 0 Å². The zero-order chi connectivity index (χ0) is 11.3. The van der Waals surface area contributed by atoms with E-state index in [2.05, 4.69) is 17.2 Å². The number of nitrogens with zero attached hydrogens (tertiary/aromatic N) is 1. The number of pyridine rings is 1. The Morgan fingerprint density at radius 1 is 1.60 bits per heavy atom. The van der Waals surface area contributed by atoms with Gasteiger partial charge >= 0.3 is 0 Å². The van der Waals surface area contributed by atoms with Crippen LogP contribution in [0.4, 0.5) is 5.69 Å². The molecule has 0 aliphatic carbocycles. The minimum absolute atomic E-state index is 0.112. The van der Waals surface area contributed by atoms with Crippen molar-refractivity contribution in [3.8, 4) is 0 Å². The van der Waals surface area contributed by atoms with Crippen LogP contribution in [0.2, 0.25) is 5.15 Å². The van der Waals surface area contributed by atoms with Crippen molar-refractivity contribution in [2.24, 2.45) is 5.41 Å². The molecule has 1 atom stereocenters. The second-order valence-corrected chi connectivity index (χ2v) is 4.38. The predicted molar refractivity (Wildman–Crippen MR) is 63.2 cm³/mol. The molecule has 0 spiro atoms. The van der Waals surface area contributed by atoms with Gasteiger partial charge in [0.1, 0.15) is 0 Å². The van der Waals surface area contributed by atoms with Crippen LogP contribution in [-0.2, 0) is 0 Å². The number of hydrogen-bond donors (Lipinski definition) is 2. The molecule has 0 radical (unpaired) electrons. The van der Waals surface area contributed by atoms with E-state index in [1.54, 1.807) is 6.20 Å². The molecule has 0 aromatic carbocycles. The summed E-state index contributed by atoms with van der Waals surface area (Å²) in [5.74, 6) is 0. The first-order valence-electron chi connectivity index (χ1n) is 5.06. The lowest BCUT2D eigenvalue weighted by Crippen LogP contribution is -2.29. The number of hydrogen-bond acceptors (Lipinski definition) is 3. The molecule has 1 aromatic heterocycles. The Labute approximate surface area is 95.5 Å². The summed E-state index contributed by atoms with van der Waals surface area (Å²) in [6.45, 7) is 4.94. The molecule has 0 saturated heterocycles. The molecule has 1 rings (SSSR count). The first-order chi connectivity index (χ1) is 7.11. The fourth-order valence-electron chi connectivity index (χ4n) is 1.12. The smallest absolute Gasteiger partial charge is 0.152 e. The molecule has 0 bridgehead atoms. The van der Waals surface area contributed by atoms with E-state index in [0.29, 0.717) is 11.7 Å². The third-order valence-electron chi connectivity index (χ3n) is 2.70. The average molecular weight is 229 g/mol. The fourth-order valence-corrected chi connectivity index (χ4v) is 1.31. The Hall–Kier alpha value is -0.800. The molecule has 15 heavy (non-hydrogen) atoms. The molecule has 4 heteroatoms. The maximum atomic E-state index is 9.24. The molecule has 0 fully saturated rings. The number of halogens is 1. The summed E-state index contributed by atoms with van der Waals surface area (Å²) >= 11 is 5.90. The van der Waals surface area contributed by atoms with Crippen molar-refractivity contribution in [1.29, 1.82) is 0 Å². The van der Waals surface area contributed by atoms with Gasteiger partial charge < -0.3 is 10.4 Å². The number of nitrogens with one attached hydrogen (secondary N) is 1. The third kappa shape index (κ3) is 3.36. The Bertz CT molecular complexity index is 313. The Morgan fingerprint density at radius 2 is 2.33 bits per heavy atom. The van der Waals surface area contributed by atoms with Crippen molar-refractivity contribution < 1.29 is 5.11 Å². The van der Waals surface area contributed by atoms with Gasteiger partial charge in [0.2, 0.25) is 0 Å². The van der Waals surface area contributed by atoms with Crippen LogP contribution in [0.25, 0.3) is 0 Å². The van der Waals surface area contributed by atoms with Gasteiger partial charge in [-0.1, -0.05) is 25.4 Å². The number of aliphatic hydroxyl groups is 1. The van der Waals surface area contributed by atoms with Gasteiger partial charge in [-0.05, 0) is 18.6 Å². The van der Waals surface area contributed by atoms with Crippen LogP contribution in [0.1, 0.15) is 20.3 Å². The van der Waals surface area contributed by atoms with E-state index < -0.39 is 0 Å². The topological polar surface area (TPSA) is 45.1 Å². The Morgan fingerprint density at radius 3 is 2.87 bits per heavy atom. The lowest BCUT2D eigenvalue weighted by molar-refractivity contribution is 0.149. The van der Waals surface area contributed by atoms with Crippen LogP contribution >= 0.6 is 11.6 Å². The maximum absolute atomic E-state index is 9.24. The number of rotatable bonds is 5. The minimum atomic E-state index is -0.112. The van der Waals surface area contributed by atoms with E-state index in [-0.39, 0.29) is 12.0 Å². The van der Waals surface area contributed by atoms with Crippen molar-refractivity contribution in [3.63, 3.8) is 0 Å². The summed E-state index contributed by atoms with van der Waals surface area (Å²) in [5.41, 5.74) is 0.700. The summed E-state index contributed by atoms with van der Waals surface area (Å²) in [6.07, 6.45) is 2.56. The molecule has 1 aromatic rings. The lowest BCUT2D eigenvalue weighted by atomic mass is 9.88. The van der Waals surface area contributed by atoms with Crippen LogP contribution in [0.15, 0.2) is 18.3 Å². The van der Waals surface area contributed by atoms with Gasteiger partial charge in [-0.15, -0.1) is 0 Å². The highest BCUT2D eigenvalue weighted by atomic mass is 35.5. The molecule has 3 nitrogen and oxygen atoms in total. The predicted octanol–water partition coefficient (Wildman–Crippen LogP) is 2.56. The van der Waals surface area contributed by atoms with Crippen molar-refractivity contribution >= 4 is 17.3 Å². The van der Waals surface area contributed by atoms with Crippen LogP contribution in [0, 0.1) is 5.41 Å². The molecule has 84 valence electrons. The van der Waals surface area contributed by atoms with E-state index in [1.807, 2.05) is 19.1 Å². The van der Waals surface area contributed by atoms with E-state index in [9.17, 15) is 5.11 Å². The SMILES string of the molecule is CCC(C)(CO)CNc1cccnc1Cl. The summed E-state index contributed by atoms with van der Waals surface area (Å²) in [6, 6.07) is 3.71. The number of aromatic nitrogens is 1. The molecule has 2 N–H and O–H groups in total. The average Bonchev–Trinajstić information content (AvgIpc) is 2.28. The van der Waals surface area contributed by atoms with Gasteiger partial charge in [0.05, 0.1) is 12.3 Å². The van der Waals surface area contributed by atoms with E-state index in [1.165, 1.54) is 0 Å². The van der Waals surface area contributed by atoms with Crippen molar-refractivity contribution in [1.82, 2.24) is 4.98 Å². The van der Waals surface area contributed by atoms with Gasteiger partial charge in [0.15, 0.2) is 5.15 Å². The molecular weight excluding hydrogens is 212 g/mol. The second-order valence-electron chi connectivity index (χ2n) is 4.02. The van der Waals surface area contributed by atoms with E-state index in [4.69, 9.17) is 11.6 Å². The van der Waals surface area contributed by atoms with Crippen molar-refractivity contribution in [2.45, 2.75) is 20.3 Å². The van der Waals surface area contributed by atoms with Gasteiger partial charge in [-0.3, -0.25) is 0 Å². The molecule has 0 aliphatic rings. The monoisotopic (exact) mass is 228 g/mol. The van der Waals surface area contributed by atoms with Crippen LogP contribution in [-0.4, -0.2) is 23.2 Å². The first-order valence-corrected chi connectivity index (χ1v) is 5.44. The highest BCUT2D eigenvalue weighted by Crippen LogP contribution is 2.23. The minimum Gasteiger partial charge on any atom is -0.396 e. The standard InChI is InChI=1S/C11H17ClN2O/c1-3-11(2,8-15)7-14-9-5-4-6-13-10(9)12/h4-6,14-15H,3,7-8H2,1-2H3. The van der Waals surface area contributed by atoms with Gasteiger partial charge in [0.25, 0.3) is 0 Å². The summed E-state index contributed by atoms with van der Waals surface area (Å²) in [7, 11) is 0. The third-order valence-corrected chi connectivity index (χ3v) is 3.00. The molecule has 1 heterocycles. The van der Waals surface area contributed by atoms with Gasteiger partial charge in [0, 0.05) is 18.2 Å². The summed E-state index contributed by atoms with van der Waals surface area (Å²) in [5, 5.41) is 12.9. The lowest BCUT2D eigenvalue weighted by Gasteiger charge is -2.26. The highest BCUT2D eigenvalue weighted by Gasteiger charge is 2.20. The quantitative estimate of drug-likeness (QED) is 0.762. The molecule has 1 unspecified atom stereocenters.